The Kier molecular flexibility index (Phi) is 9.37. The van der Waals surface area contributed by atoms with Gasteiger partial charge in [-0.3, -0.25) is 19.6 Å². The summed E-state index contributed by atoms with van der Waals surface area (Å²) in [4.78, 5) is 47.0. The molecule has 12 heteroatoms. The standard InChI is InChI=1S/C34H41Cl2N7O3/c1-7-46-29-26(20-38-30(39-29)32(2,3)4)28-40-33(5,22-8-12-24(35)13-9-22)34(6,23-10-14-25(36)15-11-23)43(28)31(45)42-18-16-41(17-19-42)21-27(37)44/h8-15,20H,7,16-19,21H2,1-6H3,(H2,37,44)/t33-,34-/m0/s1. The fraction of sp³-hybridized carbons (Fsp3) is 0.441. The summed E-state index contributed by atoms with van der Waals surface area (Å²) in [7, 11) is 0. The monoisotopic (exact) mass is 665 g/mol. The number of aromatic nitrogens is 2. The first-order valence-corrected chi connectivity index (χ1v) is 16.2. The van der Waals surface area contributed by atoms with Crippen molar-refractivity contribution in [3.8, 4) is 5.88 Å². The molecule has 0 aliphatic carbocycles. The van der Waals surface area contributed by atoms with Crippen LogP contribution in [0.4, 0.5) is 4.79 Å². The summed E-state index contributed by atoms with van der Waals surface area (Å²) >= 11 is 12.7. The molecule has 2 aliphatic heterocycles. The number of piperazine rings is 1. The van der Waals surface area contributed by atoms with E-state index in [9.17, 15) is 9.59 Å². The third kappa shape index (κ3) is 6.18. The van der Waals surface area contributed by atoms with Crippen molar-refractivity contribution < 1.29 is 14.3 Å². The van der Waals surface area contributed by atoms with Crippen LogP contribution in [0, 0.1) is 0 Å². The van der Waals surface area contributed by atoms with E-state index < -0.39 is 17.0 Å². The summed E-state index contributed by atoms with van der Waals surface area (Å²) in [6, 6.07) is 14.8. The van der Waals surface area contributed by atoms with Crippen molar-refractivity contribution in [3.63, 3.8) is 0 Å². The SMILES string of the molecule is CCOc1nc(C(C)(C)C)ncc1C1=N[C@@](C)(c2ccc(Cl)cc2)[C@](C)(c2ccc(Cl)cc2)N1C(=O)N1CCN(CC(N)=O)CC1. The van der Waals surface area contributed by atoms with Gasteiger partial charge in [-0.05, 0) is 56.2 Å². The van der Waals surface area contributed by atoms with E-state index in [1.54, 1.807) is 16.0 Å². The number of urea groups is 1. The lowest BCUT2D eigenvalue weighted by Crippen LogP contribution is -2.61. The van der Waals surface area contributed by atoms with E-state index in [4.69, 9.17) is 48.6 Å². The molecule has 0 saturated carbocycles. The van der Waals surface area contributed by atoms with Crippen molar-refractivity contribution in [2.75, 3.05) is 39.3 Å². The molecular weight excluding hydrogens is 625 g/mol. The summed E-state index contributed by atoms with van der Waals surface area (Å²) in [6.45, 7) is 14.4. The molecule has 2 N–H and O–H groups in total. The molecule has 0 unspecified atom stereocenters. The van der Waals surface area contributed by atoms with Gasteiger partial charge in [0, 0.05) is 47.8 Å². The molecule has 3 aromatic rings. The fourth-order valence-corrected chi connectivity index (χ4v) is 6.41. The van der Waals surface area contributed by atoms with Crippen LogP contribution in [0.5, 0.6) is 5.88 Å². The van der Waals surface area contributed by atoms with E-state index >= 15 is 0 Å². The summed E-state index contributed by atoms with van der Waals surface area (Å²) < 4.78 is 6.12. The molecule has 1 fully saturated rings. The van der Waals surface area contributed by atoms with Gasteiger partial charge in [0.1, 0.15) is 22.7 Å². The number of carbonyl (C=O) groups is 2. The molecule has 5 rings (SSSR count). The van der Waals surface area contributed by atoms with Crippen molar-refractivity contribution in [3.05, 3.63) is 87.3 Å². The number of rotatable bonds is 7. The van der Waals surface area contributed by atoms with Gasteiger partial charge < -0.3 is 15.4 Å². The summed E-state index contributed by atoms with van der Waals surface area (Å²) in [5, 5.41) is 1.17. The van der Waals surface area contributed by atoms with Gasteiger partial charge in [0.05, 0.1) is 18.7 Å². The van der Waals surface area contributed by atoms with Crippen molar-refractivity contribution in [1.29, 1.82) is 0 Å². The first kappa shape index (κ1) is 33.6. The number of amidine groups is 1. The minimum absolute atomic E-state index is 0.144. The number of ether oxygens (including phenoxy) is 1. The zero-order valence-corrected chi connectivity index (χ0v) is 28.7. The van der Waals surface area contributed by atoms with Crippen LogP contribution in [0.15, 0.2) is 59.7 Å². The van der Waals surface area contributed by atoms with Gasteiger partial charge in [-0.2, -0.15) is 4.98 Å². The molecule has 3 amide bonds. The average Bonchev–Trinajstić information content (AvgIpc) is 3.25. The first-order valence-electron chi connectivity index (χ1n) is 15.4. The second kappa shape index (κ2) is 12.8. The van der Waals surface area contributed by atoms with Gasteiger partial charge in [0.15, 0.2) is 0 Å². The number of primary amides is 1. The van der Waals surface area contributed by atoms with Crippen molar-refractivity contribution in [2.45, 2.75) is 58.0 Å². The maximum absolute atomic E-state index is 15.0. The number of amides is 3. The van der Waals surface area contributed by atoms with E-state index in [1.165, 1.54) is 0 Å². The predicted octanol–water partition coefficient (Wildman–Crippen LogP) is 5.60. The van der Waals surface area contributed by atoms with Crippen LogP contribution in [-0.2, 0) is 21.3 Å². The van der Waals surface area contributed by atoms with E-state index in [-0.39, 0.29) is 18.0 Å². The van der Waals surface area contributed by atoms with Crippen LogP contribution >= 0.6 is 23.2 Å². The minimum Gasteiger partial charge on any atom is -0.477 e. The lowest BCUT2D eigenvalue weighted by molar-refractivity contribution is -0.119. The Labute approximate surface area is 280 Å². The van der Waals surface area contributed by atoms with Crippen molar-refractivity contribution in [2.24, 2.45) is 10.7 Å². The third-order valence-corrected chi connectivity index (χ3v) is 9.41. The number of nitrogens with two attached hydrogens (primary N) is 1. The number of nitrogens with zero attached hydrogens (tertiary/aromatic N) is 6. The lowest BCUT2D eigenvalue weighted by atomic mass is 9.71. The molecule has 0 spiro atoms. The zero-order chi connectivity index (χ0) is 33.4. The molecule has 2 aliphatic rings. The van der Waals surface area contributed by atoms with Crippen LogP contribution in [0.25, 0.3) is 0 Å². The largest absolute Gasteiger partial charge is 0.477 e. The fourth-order valence-electron chi connectivity index (χ4n) is 6.15. The zero-order valence-electron chi connectivity index (χ0n) is 27.2. The molecule has 244 valence electrons. The topological polar surface area (TPSA) is 117 Å². The van der Waals surface area contributed by atoms with E-state index in [0.29, 0.717) is 65.9 Å². The molecule has 2 atom stereocenters. The molecule has 1 aromatic heterocycles. The highest BCUT2D eigenvalue weighted by Crippen LogP contribution is 2.54. The van der Waals surface area contributed by atoms with Gasteiger partial charge in [0.25, 0.3) is 0 Å². The minimum atomic E-state index is -1.06. The van der Waals surface area contributed by atoms with E-state index in [1.807, 2.05) is 95.0 Å². The summed E-state index contributed by atoms with van der Waals surface area (Å²) in [5.74, 6) is 0.958. The Bertz CT molecular complexity index is 1630. The van der Waals surface area contributed by atoms with Gasteiger partial charge >= 0.3 is 6.03 Å². The highest BCUT2D eigenvalue weighted by Gasteiger charge is 2.60. The Morgan fingerprint density at radius 1 is 0.935 bits per heavy atom. The number of benzene rings is 2. The quantitative estimate of drug-likeness (QED) is 0.351. The smallest absolute Gasteiger partial charge is 0.326 e. The van der Waals surface area contributed by atoms with Gasteiger partial charge in [-0.1, -0.05) is 68.2 Å². The molecule has 0 radical (unpaired) electrons. The average molecular weight is 667 g/mol. The molecule has 0 bridgehead atoms. The highest BCUT2D eigenvalue weighted by atomic mass is 35.5. The predicted molar refractivity (Wildman–Crippen MR) is 180 cm³/mol. The molecule has 3 heterocycles. The maximum atomic E-state index is 15.0. The Balaban J connectivity index is 1.73. The number of hydrogen-bond acceptors (Lipinski definition) is 7. The van der Waals surface area contributed by atoms with Gasteiger partial charge in [-0.25, -0.2) is 9.78 Å². The van der Waals surface area contributed by atoms with Crippen LogP contribution in [0.1, 0.15) is 64.1 Å². The number of halogens is 2. The molecule has 10 nitrogen and oxygen atoms in total. The van der Waals surface area contributed by atoms with Crippen LogP contribution < -0.4 is 10.5 Å². The van der Waals surface area contributed by atoms with Crippen LogP contribution in [0.3, 0.4) is 0 Å². The number of hydrogen-bond donors (Lipinski definition) is 1. The highest BCUT2D eigenvalue weighted by molar-refractivity contribution is 6.30. The summed E-state index contributed by atoms with van der Waals surface area (Å²) in [5.41, 5.74) is 5.25. The molecular formula is C34H41Cl2N7O3. The van der Waals surface area contributed by atoms with E-state index in [0.717, 1.165) is 11.1 Å². The molecule has 2 aromatic carbocycles. The normalized spacial score (nSPS) is 22.1. The molecule has 1 saturated heterocycles. The van der Waals surface area contributed by atoms with E-state index in [2.05, 4.69) is 0 Å². The maximum Gasteiger partial charge on any atom is 0.326 e. The summed E-state index contributed by atoms with van der Waals surface area (Å²) in [6.07, 6.45) is 1.71. The van der Waals surface area contributed by atoms with Crippen molar-refractivity contribution >= 4 is 41.0 Å². The van der Waals surface area contributed by atoms with Crippen molar-refractivity contribution in [1.82, 2.24) is 24.7 Å². The van der Waals surface area contributed by atoms with Crippen LogP contribution in [-0.4, -0.2) is 81.8 Å². The first-order chi connectivity index (χ1) is 21.7. The van der Waals surface area contributed by atoms with Crippen LogP contribution in [0.2, 0.25) is 10.0 Å². The van der Waals surface area contributed by atoms with Gasteiger partial charge in [-0.15, -0.1) is 0 Å². The second-order valence-electron chi connectivity index (χ2n) is 13.0. The number of aliphatic imine (C=N–C) groups is 1. The van der Waals surface area contributed by atoms with Gasteiger partial charge in [0.2, 0.25) is 11.8 Å². The second-order valence-corrected chi connectivity index (χ2v) is 13.9. The Hall–Kier alpha value is -3.73. The lowest BCUT2D eigenvalue weighted by Gasteiger charge is -2.47. The number of carbonyl (C=O) groups excluding carboxylic acids is 2. The molecule has 46 heavy (non-hydrogen) atoms. The Morgan fingerprint density at radius 2 is 1.50 bits per heavy atom. The third-order valence-electron chi connectivity index (χ3n) is 8.91. The Morgan fingerprint density at radius 3 is 2.02 bits per heavy atom.